The van der Waals surface area contributed by atoms with Gasteiger partial charge in [-0.2, -0.15) is 0 Å². The average Bonchev–Trinajstić information content (AvgIpc) is 2.77. The van der Waals surface area contributed by atoms with Crippen LogP contribution in [0.2, 0.25) is 0 Å². The Bertz CT molecular complexity index is 729. The van der Waals surface area contributed by atoms with Gasteiger partial charge in [0, 0.05) is 57.8 Å². The lowest BCUT2D eigenvalue weighted by Crippen LogP contribution is -2.44. The second kappa shape index (κ2) is 17.4. The molecular weight excluding hydrogens is 488 g/mol. The van der Waals surface area contributed by atoms with Crippen molar-refractivity contribution in [2.75, 3.05) is 105 Å². The highest BCUT2D eigenvalue weighted by Crippen LogP contribution is 2.15. The summed E-state index contributed by atoms with van der Waals surface area (Å²) in [6.45, 7) is 9.48. The molecule has 0 aliphatic carbocycles. The van der Waals surface area contributed by atoms with E-state index in [0.29, 0.717) is 59.0 Å². The van der Waals surface area contributed by atoms with E-state index in [4.69, 9.17) is 9.47 Å². The van der Waals surface area contributed by atoms with Gasteiger partial charge in [-0.05, 0) is 0 Å². The van der Waals surface area contributed by atoms with Gasteiger partial charge >= 0.3 is 17.9 Å². The summed E-state index contributed by atoms with van der Waals surface area (Å²) in [4.78, 5) is 53.6. The molecule has 13 nitrogen and oxygen atoms in total. The Labute approximate surface area is 218 Å². The van der Waals surface area contributed by atoms with Crippen molar-refractivity contribution in [1.29, 1.82) is 0 Å². The van der Waals surface area contributed by atoms with Crippen LogP contribution < -0.4 is 0 Å². The highest BCUT2D eigenvalue weighted by Gasteiger charge is 2.24. The van der Waals surface area contributed by atoms with Crippen molar-refractivity contribution in [3.63, 3.8) is 0 Å². The van der Waals surface area contributed by atoms with Crippen molar-refractivity contribution in [3.8, 4) is 0 Å². The van der Waals surface area contributed by atoms with Gasteiger partial charge < -0.3 is 24.8 Å². The standard InChI is InChI=1S/C24H44N4O9/c1-24(2,3)20(29)16-25-4-5-26(17-21(30)31)9-14-37-15-11-28(19-23(34)35)7-6-27(18-22(32)33)10-13-36-12-8-25/h4-19H2,1-3H3,(H,30,31)(H,32,33)(H,34,35). The van der Waals surface area contributed by atoms with Crippen LogP contribution in [0.25, 0.3) is 0 Å². The van der Waals surface area contributed by atoms with Gasteiger partial charge in [-0.1, -0.05) is 20.8 Å². The number of carbonyl (C=O) groups excluding carboxylic acids is 1. The number of Topliss-reactive ketones (excluding diaryl/α,β-unsaturated/α-hetero) is 1. The van der Waals surface area contributed by atoms with Crippen LogP contribution in [0.3, 0.4) is 0 Å². The largest absolute Gasteiger partial charge is 0.480 e. The minimum Gasteiger partial charge on any atom is -0.480 e. The van der Waals surface area contributed by atoms with Crippen molar-refractivity contribution < 1.29 is 44.0 Å². The first kappa shape index (κ1) is 32.9. The fourth-order valence-corrected chi connectivity index (χ4v) is 3.64. The highest BCUT2D eigenvalue weighted by atomic mass is 16.5. The predicted molar refractivity (Wildman–Crippen MR) is 135 cm³/mol. The number of ketones is 1. The molecule has 0 aromatic rings. The number of hydrogen-bond donors (Lipinski definition) is 3. The lowest BCUT2D eigenvalue weighted by Gasteiger charge is -2.29. The van der Waals surface area contributed by atoms with Crippen LogP contribution in [0, 0.1) is 5.41 Å². The monoisotopic (exact) mass is 532 g/mol. The lowest BCUT2D eigenvalue weighted by atomic mass is 9.90. The molecule has 0 aromatic carbocycles. The van der Waals surface area contributed by atoms with Gasteiger partial charge in [-0.15, -0.1) is 0 Å². The Hall–Kier alpha value is -2.16. The number of aliphatic carboxylic acids is 3. The summed E-state index contributed by atoms with van der Waals surface area (Å²) < 4.78 is 11.4. The Kier molecular flexibility index (Phi) is 15.4. The van der Waals surface area contributed by atoms with Gasteiger partial charge in [0.1, 0.15) is 0 Å². The number of ether oxygens (including phenoxy) is 2. The first-order chi connectivity index (χ1) is 17.4. The van der Waals surface area contributed by atoms with Crippen LogP contribution in [0.4, 0.5) is 0 Å². The second-order valence-corrected chi connectivity index (χ2v) is 10.2. The van der Waals surface area contributed by atoms with E-state index in [1.807, 2.05) is 25.7 Å². The van der Waals surface area contributed by atoms with Crippen molar-refractivity contribution in [2.45, 2.75) is 20.8 Å². The molecule has 0 bridgehead atoms. The number of hydrogen-bond acceptors (Lipinski definition) is 10. The van der Waals surface area contributed by atoms with Crippen LogP contribution in [-0.4, -0.2) is 164 Å². The third-order valence-corrected chi connectivity index (χ3v) is 5.95. The molecule has 1 rings (SSSR count). The summed E-state index contributed by atoms with van der Waals surface area (Å²) in [6, 6.07) is 0. The fourth-order valence-electron chi connectivity index (χ4n) is 3.64. The van der Waals surface area contributed by atoms with E-state index < -0.39 is 23.3 Å². The number of carboxylic acids is 3. The topological polar surface area (TPSA) is 160 Å². The predicted octanol–water partition coefficient (Wildman–Crippen LogP) is -0.890. The summed E-state index contributed by atoms with van der Waals surface area (Å²) in [7, 11) is 0. The molecule has 1 aliphatic rings. The molecule has 0 aromatic heterocycles. The number of carboxylic acid groups (broad SMARTS) is 3. The Morgan fingerprint density at radius 1 is 0.541 bits per heavy atom. The third kappa shape index (κ3) is 16.3. The molecule has 0 amide bonds. The smallest absolute Gasteiger partial charge is 0.317 e. The molecular formula is C24H44N4O9. The van der Waals surface area contributed by atoms with Gasteiger partial charge in [0.15, 0.2) is 5.78 Å². The molecule has 1 aliphatic heterocycles. The second-order valence-electron chi connectivity index (χ2n) is 10.2. The average molecular weight is 533 g/mol. The van der Waals surface area contributed by atoms with E-state index in [2.05, 4.69) is 0 Å². The summed E-state index contributed by atoms with van der Waals surface area (Å²) >= 11 is 0. The first-order valence-corrected chi connectivity index (χ1v) is 12.6. The third-order valence-electron chi connectivity index (χ3n) is 5.95. The van der Waals surface area contributed by atoms with E-state index in [0.717, 1.165) is 0 Å². The van der Waals surface area contributed by atoms with Crippen molar-refractivity contribution >= 4 is 23.7 Å². The normalized spacial score (nSPS) is 20.1. The lowest BCUT2D eigenvalue weighted by molar-refractivity contribution is -0.140. The Morgan fingerprint density at radius 2 is 0.811 bits per heavy atom. The maximum atomic E-state index is 12.6. The molecule has 214 valence electrons. The number of carbonyl (C=O) groups is 4. The SMILES string of the molecule is CC(C)(C)C(=O)CN1CCOCCN(CC(=O)O)CCN(CC(=O)O)CCOCCN(CC(=O)O)CC1. The van der Waals surface area contributed by atoms with Crippen LogP contribution in [0.15, 0.2) is 0 Å². The molecule has 37 heavy (non-hydrogen) atoms. The van der Waals surface area contributed by atoms with Crippen LogP contribution in [-0.2, 0) is 28.7 Å². The molecule has 1 heterocycles. The number of nitrogens with zero attached hydrogens (tertiary/aromatic N) is 4. The summed E-state index contributed by atoms with van der Waals surface area (Å²) in [5, 5.41) is 27.8. The van der Waals surface area contributed by atoms with Crippen LogP contribution in [0.5, 0.6) is 0 Å². The van der Waals surface area contributed by atoms with E-state index in [-0.39, 0.29) is 51.8 Å². The minimum atomic E-state index is -0.989. The number of rotatable bonds is 8. The summed E-state index contributed by atoms with van der Waals surface area (Å²) in [5.41, 5.74) is -0.507. The van der Waals surface area contributed by atoms with Crippen molar-refractivity contribution in [3.05, 3.63) is 0 Å². The molecule has 0 spiro atoms. The van der Waals surface area contributed by atoms with Gasteiger partial charge in [-0.3, -0.25) is 38.8 Å². The molecule has 0 saturated carbocycles. The van der Waals surface area contributed by atoms with E-state index >= 15 is 0 Å². The maximum absolute atomic E-state index is 12.6. The minimum absolute atomic E-state index is 0.0707. The molecule has 1 saturated heterocycles. The zero-order valence-corrected chi connectivity index (χ0v) is 22.4. The van der Waals surface area contributed by atoms with Crippen LogP contribution >= 0.6 is 0 Å². The molecule has 0 radical (unpaired) electrons. The first-order valence-electron chi connectivity index (χ1n) is 12.6. The zero-order valence-electron chi connectivity index (χ0n) is 22.4. The summed E-state index contributed by atoms with van der Waals surface area (Å²) in [6.07, 6.45) is 0. The van der Waals surface area contributed by atoms with E-state index in [1.54, 1.807) is 14.7 Å². The van der Waals surface area contributed by atoms with Crippen molar-refractivity contribution in [2.24, 2.45) is 5.41 Å². The Balaban J connectivity index is 2.91. The quantitative estimate of drug-likeness (QED) is 0.353. The zero-order chi connectivity index (χ0) is 27.8. The van der Waals surface area contributed by atoms with Crippen LogP contribution in [0.1, 0.15) is 20.8 Å². The van der Waals surface area contributed by atoms with E-state index in [9.17, 15) is 34.5 Å². The Morgan fingerprint density at radius 3 is 1.05 bits per heavy atom. The molecule has 13 heteroatoms. The molecule has 0 unspecified atom stereocenters. The van der Waals surface area contributed by atoms with Gasteiger partial charge in [0.05, 0.1) is 52.6 Å². The maximum Gasteiger partial charge on any atom is 0.317 e. The fraction of sp³-hybridized carbons (Fsp3) is 0.833. The molecule has 0 atom stereocenters. The molecule has 1 fully saturated rings. The van der Waals surface area contributed by atoms with Gasteiger partial charge in [-0.25, -0.2) is 0 Å². The summed E-state index contributed by atoms with van der Waals surface area (Å²) in [5.74, 6) is -2.85. The van der Waals surface area contributed by atoms with E-state index in [1.165, 1.54) is 0 Å². The van der Waals surface area contributed by atoms with Crippen molar-refractivity contribution in [1.82, 2.24) is 19.6 Å². The highest BCUT2D eigenvalue weighted by molar-refractivity contribution is 5.85. The van der Waals surface area contributed by atoms with Gasteiger partial charge in [0.2, 0.25) is 0 Å². The van der Waals surface area contributed by atoms with Gasteiger partial charge in [0.25, 0.3) is 0 Å². The molecule has 3 N–H and O–H groups in total.